The van der Waals surface area contributed by atoms with Crippen molar-refractivity contribution in [2.45, 2.75) is 70.4 Å². The summed E-state index contributed by atoms with van der Waals surface area (Å²) in [4.78, 5) is 43.4. The Morgan fingerprint density at radius 2 is 1.66 bits per heavy atom. The van der Waals surface area contributed by atoms with Crippen molar-refractivity contribution >= 4 is 39.2 Å². The zero-order valence-corrected chi connectivity index (χ0v) is 21.0. The number of amides is 2. The molecule has 3 aromatic rings. The Bertz CT molecular complexity index is 1120. The number of rotatable bonds is 10. The lowest BCUT2D eigenvalue weighted by Crippen LogP contribution is -2.52. The Hall–Kier alpha value is -3.06. The van der Waals surface area contributed by atoms with Gasteiger partial charge in [0.2, 0.25) is 17.6 Å². The number of para-hydroxylation sites is 1. The average molecular weight is 492 g/mol. The standard InChI is InChI=1S/C28H33N3O3S/c1-19(32)29-24(18-21-12-6-3-7-13-21)27(34)30-23(17-16-20-10-4-2-5-11-20)26(33)28-31-22-14-8-9-15-25(22)35-28/h2,4-5,8-11,14-15,21,23-24H,3,6-7,12-13,16-18H2,1H3,(H,29,32)(H,30,34)/t23-,24-/m0/s1. The molecule has 2 amide bonds. The second kappa shape index (κ2) is 12.1. The maximum absolute atomic E-state index is 13.6. The number of carbonyl (C=O) groups excluding carboxylic acids is 3. The Balaban J connectivity index is 1.52. The number of nitrogens with zero attached hydrogens (tertiary/aromatic N) is 1. The Morgan fingerprint density at radius 1 is 0.943 bits per heavy atom. The number of ketones is 1. The number of benzene rings is 2. The van der Waals surface area contributed by atoms with Crippen molar-refractivity contribution < 1.29 is 14.4 Å². The number of hydrogen-bond acceptors (Lipinski definition) is 5. The molecular formula is C28H33N3O3S. The molecule has 184 valence electrons. The van der Waals surface area contributed by atoms with Crippen LogP contribution in [0.2, 0.25) is 0 Å². The molecule has 2 atom stereocenters. The normalized spacial score (nSPS) is 15.9. The summed E-state index contributed by atoms with van der Waals surface area (Å²) < 4.78 is 0.942. The molecule has 7 heteroatoms. The molecule has 0 bridgehead atoms. The number of carbonyl (C=O) groups is 3. The average Bonchev–Trinajstić information content (AvgIpc) is 3.31. The molecule has 0 unspecified atom stereocenters. The SMILES string of the molecule is CC(=O)N[C@@H](CC1CCCCC1)C(=O)N[C@@H](CCc1ccccc1)C(=O)c1nc2ccccc2s1. The fourth-order valence-corrected chi connectivity index (χ4v) is 5.82. The molecule has 1 heterocycles. The molecule has 6 nitrogen and oxygen atoms in total. The van der Waals surface area contributed by atoms with Gasteiger partial charge in [-0.05, 0) is 42.9 Å². The highest BCUT2D eigenvalue weighted by Gasteiger charge is 2.30. The van der Waals surface area contributed by atoms with Gasteiger partial charge in [0.1, 0.15) is 6.04 Å². The molecule has 2 N–H and O–H groups in total. The third-order valence-corrected chi connectivity index (χ3v) is 7.74. The smallest absolute Gasteiger partial charge is 0.243 e. The van der Waals surface area contributed by atoms with Crippen LogP contribution in [0.1, 0.15) is 67.2 Å². The lowest BCUT2D eigenvalue weighted by molar-refractivity contribution is -0.128. The highest BCUT2D eigenvalue weighted by Crippen LogP contribution is 2.28. The molecule has 1 aliphatic carbocycles. The van der Waals surface area contributed by atoms with Crippen molar-refractivity contribution in [2.75, 3.05) is 0 Å². The third kappa shape index (κ3) is 6.98. The molecule has 0 aliphatic heterocycles. The molecule has 1 aliphatic rings. The van der Waals surface area contributed by atoms with Crippen LogP contribution in [0.15, 0.2) is 54.6 Å². The van der Waals surface area contributed by atoms with E-state index in [1.165, 1.54) is 24.7 Å². The van der Waals surface area contributed by atoms with E-state index in [-0.39, 0.29) is 17.6 Å². The fraction of sp³-hybridized carbons (Fsp3) is 0.429. The predicted octanol–water partition coefficient (Wildman–Crippen LogP) is 5.07. The van der Waals surface area contributed by atoms with Crippen LogP contribution < -0.4 is 10.6 Å². The molecule has 0 saturated heterocycles. The molecule has 35 heavy (non-hydrogen) atoms. The number of nitrogens with one attached hydrogen (secondary N) is 2. The van der Waals surface area contributed by atoms with Crippen molar-refractivity contribution in [2.24, 2.45) is 5.92 Å². The summed E-state index contributed by atoms with van der Waals surface area (Å²) in [5, 5.41) is 6.22. The second-order valence-electron chi connectivity index (χ2n) is 9.43. The predicted molar refractivity (Wildman–Crippen MR) is 139 cm³/mol. The van der Waals surface area contributed by atoms with Crippen molar-refractivity contribution in [1.29, 1.82) is 0 Å². The third-order valence-electron chi connectivity index (χ3n) is 6.69. The largest absolute Gasteiger partial charge is 0.345 e. The van der Waals surface area contributed by atoms with E-state index >= 15 is 0 Å². The summed E-state index contributed by atoms with van der Waals surface area (Å²) >= 11 is 1.35. The van der Waals surface area contributed by atoms with Crippen LogP contribution >= 0.6 is 11.3 Å². The van der Waals surface area contributed by atoms with Gasteiger partial charge in [0.15, 0.2) is 5.01 Å². The topological polar surface area (TPSA) is 88.2 Å². The van der Waals surface area contributed by atoms with E-state index in [0.717, 1.165) is 41.5 Å². The number of thiazole rings is 1. The lowest BCUT2D eigenvalue weighted by atomic mass is 9.84. The van der Waals surface area contributed by atoms with E-state index in [1.807, 2.05) is 54.6 Å². The fourth-order valence-electron chi connectivity index (χ4n) is 4.86. The monoisotopic (exact) mass is 491 g/mol. The Morgan fingerprint density at radius 3 is 2.37 bits per heavy atom. The van der Waals surface area contributed by atoms with Gasteiger partial charge in [-0.3, -0.25) is 14.4 Å². The number of fused-ring (bicyclic) bond motifs is 1. The quantitative estimate of drug-likeness (QED) is 0.388. The molecule has 1 saturated carbocycles. The number of aryl methyl sites for hydroxylation is 1. The highest BCUT2D eigenvalue weighted by molar-refractivity contribution is 7.20. The van der Waals surface area contributed by atoms with E-state index in [9.17, 15) is 14.4 Å². The van der Waals surface area contributed by atoms with Crippen LogP contribution in [0.3, 0.4) is 0 Å². The van der Waals surface area contributed by atoms with Gasteiger partial charge in [-0.15, -0.1) is 11.3 Å². The molecule has 0 spiro atoms. The summed E-state index contributed by atoms with van der Waals surface area (Å²) in [6.45, 7) is 1.43. The van der Waals surface area contributed by atoms with Crippen LogP contribution in [-0.2, 0) is 16.0 Å². The minimum Gasteiger partial charge on any atom is -0.345 e. The van der Waals surface area contributed by atoms with Crippen LogP contribution in [0, 0.1) is 5.92 Å². The van der Waals surface area contributed by atoms with Crippen molar-refractivity contribution in [3.05, 3.63) is 65.2 Å². The van der Waals surface area contributed by atoms with Crippen molar-refractivity contribution in [1.82, 2.24) is 15.6 Å². The number of Topliss-reactive ketones (excluding diaryl/α,β-unsaturated/α-hetero) is 1. The minimum absolute atomic E-state index is 0.185. The highest BCUT2D eigenvalue weighted by atomic mass is 32.1. The molecule has 0 radical (unpaired) electrons. The molecule has 1 fully saturated rings. The van der Waals surface area contributed by atoms with Crippen LogP contribution in [0.4, 0.5) is 0 Å². The summed E-state index contributed by atoms with van der Waals surface area (Å²) in [6, 6.07) is 16.2. The van der Waals surface area contributed by atoms with Gasteiger partial charge in [-0.25, -0.2) is 4.98 Å². The van der Waals surface area contributed by atoms with E-state index in [1.54, 1.807) is 0 Å². The first kappa shape index (κ1) is 25.0. The van der Waals surface area contributed by atoms with Crippen LogP contribution in [0.25, 0.3) is 10.2 Å². The van der Waals surface area contributed by atoms with Gasteiger partial charge >= 0.3 is 0 Å². The van der Waals surface area contributed by atoms with E-state index in [4.69, 9.17) is 0 Å². The Kier molecular flexibility index (Phi) is 8.64. The summed E-state index contributed by atoms with van der Waals surface area (Å²) in [5.41, 5.74) is 1.88. The van der Waals surface area contributed by atoms with Gasteiger partial charge in [0.05, 0.1) is 16.3 Å². The minimum atomic E-state index is -0.717. The maximum Gasteiger partial charge on any atom is 0.243 e. The molecule has 4 rings (SSSR count). The number of aromatic nitrogens is 1. The van der Waals surface area contributed by atoms with Crippen LogP contribution in [-0.4, -0.2) is 34.7 Å². The van der Waals surface area contributed by atoms with Gasteiger partial charge in [-0.1, -0.05) is 74.6 Å². The van der Waals surface area contributed by atoms with E-state index in [0.29, 0.717) is 30.2 Å². The van der Waals surface area contributed by atoms with Crippen molar-refractivity contribution in [3.63, 3.8) is 0 Å². The summed E-state index contributed by atoms with van der Waals surface area (Å²) in [5.74, 6) is -0.304. The van der Waals surface area contributed by atoms with E-state index in [2.05, 4.69) is 15.6 Å². The van der Waals surface area contributed by atoms with Gasteiger partial charge in [-0.2, -0.15) is 0 Å². The van der Waals surface area contributed by atoms with Gasteiger partial charge < -0.3 is 10.6 Å². The van der Waals surface area contributed by atoms with E-state index < -0.39 is 12.1 Å². The lowest BCUT2D eigenvalue weighted by Gasteiger charge is -2.27. The summed E-state index contributed by atoms with van der Waals surface area (Å²) in [7, 11) is 0. The first-order chi connectivity index (χ1) is 17.0. The zero-order chi connectivity index (χ0) is 24.6. The maximum atomic E-state index is 13.6. The van der Waals surface area contributed by atoms with Gasteiger partial charge in [0, 0.05) is 6.92 Å². The molecule has 1 aromatic heterocycles. The van der Waals surface area contributed by atoms with Crippen LogP contribution in [0.5, 0.6) is 0 Å². The Labute approximate surface area is 210 Å². The van der Waals surface area contributed by atoms with Gasteiger partial charge in [0.25, 0.3) is 0 Å². The number of hydrogen-bond donors (Lipinski definition) is 2. The summed E-state index contributed by atoms with van der Waals surface area (Å²) in [6.07, 6.45) is 7.41. The first-order valence-corrected chi connectivity index (χ1v) is 13.3. The zero-order valence-electron chi connectivity index (χ0n) is 20.2. The molecule has 2 aromatic carbocycles. The second-order valence-corrected chi connectivity index (χ2v) is 10.5. The first-order valence-electron chi connectivity index (χ1n) is 12.5. The molecular weight excluding hydrogens is 458 g/mol. The van der Waals surface area contributed by atoms with Crippen molar-refractivity contribution in [3.8, 4) is 0 Å².